The maximum Gasteiger partial charge on any atom is 0.261 e. The van der Waals surface area contributed by atoms with Gasteiger partial charge in [-0.3, -0.25) is 9.78 Å². The molecule has 3 aromatic rings. The van der Waals surface area contributed by atoms with Gasteiger partial charge in [0.15, 0.2) is 5.76 Å². The average Bonchev–Trinajstić information content (AvgIpc) is 3.04. The van der Waals surface area contributed by atoms with Crippen LogP contribution in [0.2, 0.25) is 0 Å². The summed E-state index contributed by atoms with van der Waals surface area (Å²) in [5.74, 6) is -0.481. The lowest BCUT2D eigenvalue weighted by atomic mass is 10.2. The van der Waals surface area contributed by atoms with Crippen molar-refractivity contribution >= 4 is 22.9 Å². The quantitative estimate of drug-likeness (QED) is 0.695. The van der Waals surface area contributed by atoms with Crippen molar-refractivity contribution in [2.75, 3.05) is 10.6 Å². The van der Waals surface area contributed by atoms with E-state index in [2.05, 4.69) is 20.8 Å². The van der Waals surface area contributed by atoms with Crippen LogP contribution in [0.4, 0.5) is 15.8 Å². The number of halogens is 1. The molecule has 0 unspecified atom stereocenters. The van der Waals surface area contributed by atoms with Gasteiger partial charge >= 0.3 is 0 Å². The van der Waals surface area contributed by atoms with Gasteiger partial charge in [-0.2, -0.15) is 0 Å². The number of anilines is 2. The van der Waals surface area contributed by atoms with Gasteiger partial charge < -0.3 is 15.2 Å². The minimum atomic E-state index is -0.417. The molecule has 0 spiro atoms. The van der Waals surface area contributed by atoms with Crippen LogP contribution < -0.4 is 10.6 Å². The first-order valence-corrected chi connectivity index (χ1v) is 7.49. The topological polar surface area (TPSA) is 80.0 Å². The molecule has 1 aromatic carbocycles. The predicted octanol–water partition coefficient (Wildman–Crippen LogP) is 3.61. The lowest BCUT2D eigenvalue weighted by Gasteiger charge is -2.08. The minimum Gasteiger partial charge on any atom is -0.359 e. The summed E-state index contributed by atoms with van der Waals surface area (Å²) in [6.45, 7) is 1.76. The van der Waals surface area contributed by atoms with E-state index in [1.807, 2.05) is 6.07 Å². The molecule has 2 N–H and O–H groups in total. The molecule has 0 radical (unpaired) electrons. The van der Waals surface area contributed by atoms with Gasteiger partial charge in [0.2, 0.25) is 0 Å². The van der Waals surface area contributed by atoms with Crippen LogP contribution in [-0.2, 0) is 4.79 Å². The molecule has 0 bridgehead atoms. The Balaban J connectivity index is 1.85. The monoisotopic (exact) mass is 338 g/mol. The fourth-order valence-corrected chi connectivity index (χ4v) is 2.07. The third-order valence-electron chi connectivity index (χ3n) is 3.28. The molecule has 7 heteroatoms. The van der Waals surface area contributed by atoms with Crippen LogP contribution in [0.1, 0.15) is 11.5 Å². The Morgan fingerprint density at radius 3 is 2.64 bits per heavy atom. The number of amides is 1. The van der Waals surface area contributed by atoms with Crippen LogP contribution >= 0.6 is 0 Å². The van der Waals surface area contributed by atoms with E-state index in [-0.39, 0.29) is 11.4 Å². The summed E-state index contributed by atoms with van der Waals surface area (Å²) < 4.78 is 18.2. The maximum atomic E-state index is 13.0. The van der Waals surface area contributed by atoms with E-state index in [4.69, 9.17) is 4.52 Å². The van der Waals surface area contributed by atoms with E-state index in [1.165, 1.54) is 30.5 Å². The summed E-state index contributed by atoms with van der Waals surface area (Å²) in [4.78, 5) is 16.6. The van der Waals surface area contributed by atoms with Crippen LogP contribution in [0.3, 0.4) is 0 Å². The Morgan fingerprint density at radius 1 is 1.20 bits per heavy atom. The minimum absolute atomic E-state index is 0.244. The number of nitrogens with one attached hydrogen (secondary N) is 2. The van der Waals surface area contributed by atoms with E-state index < -0.39 is 5.91 Å². The van der Waals surface area contributed by atoms with Gasteiger partial charge in [-0.15, -0.1) is 0 Å². The van der Waals surface area contributed by atoms with Crippen LogP contribution in [0.5, 0.6) is 0 Å². The zero-order valence-corrected chi connectivity index (χ0v) is 13.4. The molecule has 25 heavy (non-hydrogen) atoms. The summed E-state index contributed by atoms with van der Waals surface area (Å²) in [7, 11) is 0. The highest BCUT2D eigenvalue weighted by molar-refractivity contribution is 6.24. The third-order valence-corrected chi connectivity index (χ3v) is 3.28. The van der Waals surface area contributed by atoms with Crippen molar-refractivity contribution in [2.45, 2.75) is 6.92 Å². The maximum absolute atomic E-state index is 13.0. The van der Waals surface area contributed by atoms with Crippen molar-refractivity contribution in [3.05, 3.63) is 78.3 Å². The van der Waals surface area contributed by atoms with E-state index >= 15 is 0 Å². The van der Waals surface area contributed by atoms with Crippen molar-refractivity contribution in [2.24, 2.45) is 0 Å². The number of nitrogens with zero attached hydrogens (tertiary/aromatic N) is 2. The number of pyridine rings is 1. The summed E-state index contributed by atoms with van der Waals surface area (Å²) >= 11 is 0. The highest BCUT2D eigenvalue weighted by atomic mass is 19.1. The molecular formula is C18H15FN4O2. The number of aryl methyl sites for hydroxylation is 1. The molecule has 2 aromatic heterocycles. The predicted molar refractivity (Wildman–Crippen MR) is 92.1 cm³/mol. The fourth-order valence-electron chi connectivity index (χ4n) is 2.07. The molecule has 2 heterocycles. The zero-order valence-electron chi connectivity index (χ0n) is 13.4. The summed E-state index contributed by atoms with van der Waals surface area (Å²) in [6, 6.07) is 10.7. The SMILES string of the molecule is Cc1cc(/C(=C/Nc2cccnc2)C(=O)Nc2ccc(F)cc2)on1. The second-order valence-electron chi connectivity index (χ2n) is 5.24. The van der Waals surface area contributed by atoms with Crippen molar-refractivity contribution < 1.29 is 13.7 Å². The van der Waals surface area contributed by atoms with E-state index in [0.29, 0.717) is 22.8 Å². The number of carbonyl (C=O) groups is 1. The van der Waals surface area contributed by atoms with E-state index in [1.54, 1.807) is 31.5 Å². The zero-order chi connectivity index (χ0) is 17.6. The van der Waals surface area contributed by atoms with Crippen molar-refractivity contribution in [1.82, 2.24) is 10.1 Å². The average molecular weight is 338 g/mol. The summed E-state index contributed by atoms with van der Waals surface area (Å²) in [6.07, 6.45) is 4.78. The largest absolute Gasteiger partial charge is 0.359 e. The standard InChI is InChI=1S/C18H15FN4O2/c1-12-9-17(25-23-12)16(11-21-15-3-2-8-20-10-15)18(24)22-14-6-4-13(19)5-7-14/h2-11,21H,1H3,(H,22,24)/b16-11-. The molecule has 0 aliphatic carbocycles. The second kappa shape index (κ2) is 7.39. The Kier molecular flexibility index (Phi) is 4.84. The lowest BCUT2D eigenvalue weighted by molar-refractivity contribution is -0.111. The lowest BCUT2D eigenvalue weighted by Crippen LogP contribution is -2.14. The van der Waals surface area contributed by atoms with Gasteiger partial charge in [-0.25, -0.2) is 4.39 Å². The fraction of sp³-hybridized carbons (Fsp3) is 0.0556. The van der Waals surface area contributed by atoms with Crippen LogP contribution in [0.25, 0.3) is 5.57 Å². The van der Waals surface area contributed by atoms with E-state index in [9.17, 15) is 9.18 Å². The van der Waals surface area contributed by atoms with Crippen molar-refractivity contribution in [3.63, 3.8) is 0 Å². The molecule has 6 nitrogen and oxygen atoms in total. The first-order chi connectivity index (χ1) is 12.1. The number of hydrogen-bond acceptors (Lipinski definition) is 5. The van der Waals surface area contributed by atoms with E-state index in [0.717, 1.165) is 0 Å². The first-order valence-electron chi connectivity index (χ1n) is 7.49. The smallest absolute Gasteiger partial charge is 0.261 e. The van der Waals surface area contributed by atoms with Crippen molar-refractivity contribution in [1.29, 1.82) is 0 Å². The molecule has 3 rings (SSSR count). The normalized spacial score (nSPS) is 11.2. The molecule has 0 atom stereocenters. The molecular weight excluding hydrogens is 323 g/mol. The van der Waals surface area contributed by atoms with Crippen LogP contribution in [-0.4, -0.2) is 16.0 Å². The van der Waals surface area contributed by atoms with Crippen LogP contribution in [0, 0.1) is 12.7 Å². The van der Waals surface area contributed by atoms with Gasteiger partial charge in [-0.1, -0.05) is 5.16 Å². The van der Waals surface area contributed by atoms with Gasteiger partial charge in [-0.05, 0) is 43.3 Å². The van der Waals surface area contributed by atoms with Gasteiger partial charge in [0.1, 0.15) is 11.4 Å². The first kappa shape index (κ1) is 16.4. The molecule has 0 aliphatic rings. The Hall–Kier alpha value is -3.48. The number of aromatic nitrogens is 2. The molecule has 0 aliphatic heterocycles. The van der Waals surface area contributed by atoms with Gasteiger partial charge in [0.05, 0.1) is 17.6 Å². The number of rotatable bonds is 5. The second-order valence-corrected chi connectivity index (χ2v) is 5.24. The van der Waals surface area contributed by atoms with Crippen LogP contribution in [0.15, 0.2) is 65.6 Å². The Bertz CT molecular complexity index is 889. The highest BCUT2D eigenvalue weighted by Gasteiger charge is 2.17. The summed E-state index contributed by atoms with van der Waals surface area (Å²) in [5, 5.41) is 9.50. The molecule has 1 amide bonds. The highest BCUT2D eigenvalue weighted by Crippen LogP contribution is 2.19. The Labute approximate surface area is 143 Å². The summed E-state index contributed by atoms with van der Waals surface area (Å²) in [5.41, 5.74) is 2.08. The Morgan fingerprint density at radius 2 is 2.00 bits per heavy atom. The van der Waals surface area contributed by atoms with Gasteiger partial charge in [0.25, 0.3) is 5.91 Å². The third kappa shape index (κ3) is 4.29. The number of hydrogen-bond donors (Lipinski definition) is 2. The number of carbonyl (C=O) groups excluding carboxylic acids is 1. The number of benzene rings is 1. The molecule has 126 valence electrons. The molecule has 0 fully saturated rings. The van der Waals surface area contributed by atoms with Crippen molar-refractivity contribution in [3.8, 4) is 0 Å². The molecule has 0 saturated heterocycles. The van der Waals surface area contributed by atoms with Gasteiger partial charge in [0, 0.05) is 24.2 Å². The molecule has 0 saturated carbocycles.